The van der Waals surface area contributed by atoms with Crippen molar-refractivity contribution in [3.63, 3.8) is 0 Å². The van der Waals surface area contributed by atoms with E-state index in [1.54, 1.807) is 0 Å². The molecule has 0 amide bonds. The highest BCUT2D eigenvalue weighted by molar-refractivity contribution is 5.82. The lowest BCUT2D eigenvalue weighted by atomic mass is 10.1. The minimum Gasteiger partial charge on any atom is -0.461 e. The van der Waals surface area contributed by atoms with Crippen LogP contribution in [-0.4, -0.2) is 4.98 Å². The average molecular weight is 280 g/mol. The summed E-state index contributed by atoms with van der Waals surface area (Å²) in [6.45, 7) is 5.80. The normalized spacial score (nSPS) is 11.1. The highest BCUT2D eigenvalue weighted by Gasteiger charge is 2.12. The minimum absolute atomic E-state index is 0.773. The zero-order chi connectivity index (χ0) is 14.7. The molecule has 0 aliphatic heterocycles. The number of hydrogen-bond donors (Lipinski definition) is 1. The van der Waals surface area contributed by atoms with Gasteiger partial charge in [0.15, 0.2) is 0 Å². The third-order valence-electron chi connectivity index (χ3n) is 3.82. The molecule has 0 fully saturated rings. The van der Waals surface area contributed by atoms with Gasteiger partial charge in [0.05, 0.1) is 5.69 Å². The van der Waals surface area contributed by atoms with E-state index < -0.39 is 0 Å². The van der Waals surface area contributed by atoms with Gasteiger partial charge < -0.3 is 9.73 Å². The predicted molar refractivity (Wildman–Crippen MR) is 85.1 cm³/mol. The summed E-state index contributed by atoms with van der Waals surface area (Å²) >= 11 is 0. The maximum absolute atomic E-state index is 5.92. The van der Waals surface area contributed by atoms with E-state index in [4.69, 9.17) is 4.42 Å². The summed E-state index contributed by atoms with van der Waals surface area (Å²) in [7, 11) is 0. The molecule has 0 aliphatic carbocycles. The molecule has 3 aromatic rings. The topological polar surface area (TPSA) is 38.1 Å². The predicted octanol–water partition coefficient (Wildman–Crippen LogP) is 3.99. The Morgan fingerprint density at radius 1 is 1.10 bits per heavy atom. The molecule has 3 rings (SSSR count). The maximum atomic E-state index is 5.92. The molecule has 0 atom stereocenters. The van der Waals surface area contributed by atoms with Crippen LogP contribution in [0, 0.1) is 6.92 Å². The molecule has 108 valence electrons. The maximum Gasteiger partial charge on any atom is 0.134 e. The van der Waals surface area contributed by atoms with Crippen molar-refractivity contribution in [3.8, 4) is 0 Å². The molecule has 2 heterocycles. The van der Waals surface area contributed by atoms with Crippen LogP contribution in [0.4, 0.5) is 0 Å². The fourth-order valence-electron chi connectivity index (χ4n) is 2.64. The van der Waals surface area contributed by atoms with Crippen molar-refractivity contribution in [2.75, 3.05) is 0 Å². The summed E-state index contributed by atoms with van der Waals surface area (Å²) in [5.74, 6) is 1.07. The van der Waals surface area contributed by atoms with Gasteiger partial charge in [0, 0.05) is 36.7 Å². The Morgan fingerprint density at radius 3 is 2.76 bits per heavy atom. The summed E-state index contributed by atoms with van der Waals surface area (Å²) in [5.41, 5.74) is 4.56. The highest BCUT2D eigenvalue weighted by atomic mass is 16.3. The van der Waals surface area contributed by atoms with Gasteiger partial charge in [-0.3, -0.25) is 4.98 Å². The molecular weight excluding hydrogens is 260 g/mol. The van der Waals surface area contributed by atoms with E-state index in [9.17, 15) is 0 Å². The van der Waals surface area contributed by atoms with E-state index in [-0.39, 0.29) is 0 Å². The Morgan fingerprint density at radius 2 is 1.95 bits per heavy atom. The first kappa shape index (κ1) is 13.8. The molecule has 3 nitrogen and oxygen atoms in total. The van der Waals surface area contributed by atoms with Crippen molar-refractivity contribution in [2.24, 2.45) is 0 Å². The van der Waals surface area contributed by atoms with Crippen LogP contribution < -0.4 is 5.32 Å². The summed E-state index contributed by atoms with van der Waals surface area (Å²) in [6, 6.07) is 12.3. The molecule has 0 aliphatic rings. The van der Waals surface area contributed by atoms with Crippen LogP contribution in [0.5, 0.6) is 0 Å². The number of rotatable bonds is 5. The van der Waals surface area contributed by atoms with Crippen LogP contribution in [-0.2, 0) is 19.5 Å². The SMILES string of the molecule is CCc1oc2ccccc2c1CNCc1ncccc1C. The molecule has 21 heavy (non-hydrogen) atoms. The molecule has 0 saturated carbocycles. The zero-order valence-electron chi connectivity index (χ0n) is 12.5. The van der Waals surface area contributed by atoms with Gasteiger partial charge in [0.1, 0.15) is 11.3 Å². The third kappa shape index (κ3) is 2.83. The number of nitrogens with zero attached hydrogens (tertiary/aromatic N) is 1. The molecule has 1 N–H and O–H groups in total. The molecule has 0 radical (unpaired) electrons. The zero-order valence-corrected chi connectivity index (χ0v) is 12.5. The highest BCUT2D eigenvalue weighted by Crippen LogP contribution is 2.26. The molecule has 2 aromatic heterocycles. The number of pyridine rings is 1. The van der Waals surface area contributed by atoms with Crippen molar-refractivity contribution in [2.45, 2.75) is 33.4 Å². The first-order chi connectivity index (χ1) is 10.3. The second-order valence-corrected chi connectivity index (χ2v) is 5.22. The van der Waals surface area contributed by atoms with Gasteiger partial charge in [-0.1, -0.05) is 31.2 Å². The Labute approximate surface area is 125 Å². The molecule has 1 aromatic carbocycles. The molecule has 0 spiro atoms. The van der Waals surface area contributed by atoms with Gasteiger partial charge >= 0.3 is 0 Å². The largest absolute Gasteiger partial charge is 0.461 e. The molecule has 3 heteroatoms. The second kappa shape index (κ2) is 6.10. The van der Waals surface area contributed by atoms with Crippen LogP contribution in [0.3, 0.4) is 0 Å². The number of benzene rings is 1. The van der Waals surface area contributed by atoms with Crippen molar-refractivity contribution < 1.29 is 4.42 Å². The van der Waals surface area contributed by atoms with E-state index >= 15 is 0 Å². The number of nitrogens with one attached hydrogen (secondary N) is 1. The Hall–Kier alpha value is -2.13. The monoisotopic (exact) mass is 280 g/mol. The van der Waals surface area contributed by atoms with Crippen LogP contribution in [0.25, 0.3) is 11.0 Å². The smallest absolute Gasteiger partial charge is 0.134 e. The first-order valence-corrected chi connectivity index (χ1v) is 7.40. The van der Waals surface area contributed by atoms with Gasteiger partial charge in [-0.25, -0.2) is 0 Å². The van der Waals surface area contributed by atoms with Crippen molar-refractivity contribution in [1.82, 2.24) is 10.3 Å². The van der Waals surface area contributed by atoms with Crippen LogP contribution in [0.2, 0.25) is 0 Å². The standard InChI is InChI=1S/C18H20N2O/c1-3-17-15(14-8-4-5-9-18(14)21-17)11-19-12-16-13(2)7-6-10-20-16/h4-10,19H,3,11-12H2,1-2H3. The molecule has 0 saturated heterocycles. The molecule has 0 bridgehead atoms. The van der Waals surface area contributed by atoms with E-state index in [0.717, 1.165) is 36.5 Å². The lowest BCUT2D eigenvalue weighted by Gasteiger charge is -2.07. The lowest BCUT2D eigenvalue weighted by Crippen LogP contribution is -2.15. The Balaban J connectivity index is 1.77. The van der Waals surface area contributed by atoms with E-state index in [1.165, 1.54) is 16.5 Å². The van der Waals surface area contributed by atoms with Crippen LogP contribution >= 0.6 is 0 Å². The minimum atomic E-state index is 0.773. The Kier molecular flexibility index (Phi) is 4.02. The number of fused-ring (bicyclic) bond motifs is 1. The summed E-state index contributed by atoms with van der Waals surface area (Å²) in [4.78, 5) is 4.42. The lowest BCUT2D eigenvalue weighted by molar-refractivity contribution is 0.543. The summed E-state index contributed by atoms with van der Waals surface area (Å²) in [6.07, 6.45) is 2.75. The van der Waals surface area contributed by atoms with Crippen LogP contribution in [0.15, 0.2) is 47.0 Å². The Bertz CT molecular complexity index is 746. The van der Waals surface area contributed by atoms with E-state index in [2.05, 4.69) is 42.3 Å². The van der Waals surface area contributed by atoms with Gasteiger partial charge in [-0.15, -0.1) is 0 Å². The van der Waals surface area contributed by atoms with Crippen molar-refractivity contribution >= 4 is 11.0 Å². The number of hydrogen-bond acceptors (Lipinski definition) is 3. The van der Waals surface area contributed by atoms with Crippen molar-refractivity contribution in [1.29, 1.82) is 0 Å². The quantitative estimate of drug-likeness (QED) is 0.768. The van der Waals surface area contributed by atoms with Gasteiger partial charge in [0.25, 0.3) is 0 Å². The van der Waals surface area contributed by atoms with Gasteiger partial charge in [-0.05, 0) is 24.6 Å². The number of aromatic nitrogens is 1. The van der Waals surface area contributed by atoms with Gasteiger partial charge in [0.2, 0.25) is 0 Å². The molecular formula is C18H20N2O. The van der Waals surface area contributed by atoms with E-state index in [1.807, 2.05) is 24.4 Å². The van der Waals surface area contributed by atoms with E-state index in [0.29, 0.717) is 0 Å². The average Bonchev–Trinajstić information content (AvgIpc) is 2.87. The fraction of sp³-hybridized carbons (Fsp3) is 0.278. The third-order valence-corrected chi connectivity index (χ3v) is 3.82. The number of furan rings is 1. The van der Waals surface area contributed by atoms with Crippen molar-refractivity contribution in [3.05, 3.63) is 65.2 Å². The van der Waals surface area contributed by atoms with Gasteiger partial charge in [-0.2, -0.15) is 0 Å². The second-order valence-electron chi connectivity index (χ2n) is 5.22. The summed E-state index contributed by atoms with van der Waals surface area (Å²) in [5, 5.41) is 4.70. The fourth-order valence-corrected chi connectivity index (χ4v) is 2.64. The number of para-hydroxylation sites is 1. The molecule has 0 unspecified atom stereocenters. The van der Waals surface area contributed by atoms with Crippen LogP contribution in [0.1, 0.15) is 29.5 Å². The first-order valence-electron chi connectivity index (χ1n) is 7.40. The summed E-state index contributed by atoms with van der Waals surface area (Å²) < 4.78 is 5.92. The number of aryl methyl sites for hydroxylation is 2.